The smallest absolute Gasteiger partial charge is 0.267 e. The Bertz CT molecular complexity index is 621. The SMILES string of the molecule is CCOc1ccc(NC(=O)/C(C#N)=C\N2CC(C)CC(C)C2)cc1. The third-order valence-corrected chi connectivity index (χ3v) is 4.00. The van der Waals surface area contributed by atoms with Crippen LogP contribution in [-0.4, -0.2) is 30.5 Å². The molecule has 1 N–H and O–H groups in total. The van der Waals surface area contributed by atoms with Gasteiger partial charge < -0.3 is 15.0 Å². The minimum Gasteiger partial charge on any atom is -0.494 e. The zero-order chi connectivity index (χ0) is 17.5. The van der Waals surface area contributed by atoms with Crippen molar-refractivity contribution >= 4 is 11.6 Å². The molecule has 5 heteroatoms. The highest BCUT2D eigenvalue weighted by Gasteiger charge is 2.21. The van der Waals surface area contributed by atoms with Gasteiger partial charge in [-0.3, -0.25) is 4.79 Å². The van der Waals surface area contributed by atoms with Crippen molar-refractivity contribution < 1.29 is 9.53 Å². The number of rotatable bonds is 5. The lowest BCUT2D eigenvalue weighted by atomic mass is 9.92. The Morgan fingerprint density at radius 1 is 1.33 bits per heavy atom. The summed E-state index contributed by atoms with van der Waals surface area (Å²) < 4.78 is 5.37. The molecule has 2 rings (SSSR count). The van der Waals surface area contributed by atoms with Gasteiger partial charge in [0.1, 0.15) is 17.4 Å². The third-order valence-electron chi connectivity index (χ3n) is 4.00. The number of hydrogen-bond donors (Lipinski definition) is 1. The van der Waals surface area contributed by atoms with Crippen LogP contribution >= 0.6 is 0 Å². The van der Waals surface area contributed by atoms with Gasteiger partial charge in [-0.25, -0.2) is 0 Å². The van der Waals surface area contributed by atoms with Crippen LogP contribution in [-0.2, 0) is 4.79 Å². The number of ether oxygens (including phenoxy) is 1. The predicted octanol–water partition coefficient (Wildman–Crippen LogP) is 3.41. The van der Waals surface area contributed by atoms with Crippen LogP contribution in [0.1, 0.15) is 27.2 Å². The molecule has 0 spiro atoms. The molecule has 0 aromatic heterocycles. The number of nitriles is 1. The third kappa shape index (κ3) is 5.02. The molecule has 0 radical (unpaired) electrons. The van der Waals surface area contributed by atoms with Gasteiger partial charge >= 0.3 is 0 Å². The minimum atomic E-state index is -0.382. The zero-order valence-electron chi connectivity index (χ0n) is 14.6. The lowest BCUT2D eigenvalue weighted by Crippen LogP contribution is -2.35. The predicted molar refractivity (Wildman–Crippen MR) is 94.5 cm³/mol. The molecule has 1 aliphatic heterocycles. The van der Waals surface area contributed by atoms with E-state index in [2.05, 4.69) is 24.1 Å². The summed E-state index contributed by atoms with van der Waals surface area (Å²) in [6, 6.07) is 9.14. The number of carbonyl (C=O) groups excluding carboxylic acids is 1. The van der Waals surface area contributed by atoms with Crippen molar-refractivity contribution in [2.75, 3.05) is 25.0 Å². The van der Waals surface area contributed by atoms with Gasteiger partial charge in [-0.2, -0.15) is 5.26 Å². The van der Waals surface area contributed by atoms with E-state index in [-0.39, 0.29) is 11.5 Å². The van der Waals surface area contributed by atoms with Crippen molar-refractivity contribution in [1.29, 1.82) is 5.26 Å². The van der Waals surface area contributed by atoms with Gasteiger partial charge in [0, 0.05) is 25.0 Å². The maximum atomic E-state index is 12.3. The molecule has 1 aromatic carbocycles. The minimum absolute atomic E-state index is 0.130. The molecule has 1 saturated heterocycles. The van der Waals surface area contributed by atoms with Crippen LogP contribution in [0, 0.1) is 23.2 Å². The lowest BCUT2D eigenvalue weighted by Gasteiger charge is -2.34. The second-order valence-electron chi connectivity index (χ2n) is 6.47. The normalized spacial score (nSPS) is 21.1. The van der Waals surface area contributed by atoms with E-state index in [1.807, 2.05) is 13.0 Å². The van der Waals surface area contributed by atoms with Crippen molar-refractivity contribution in [3.05, 3.63) is 36.0 Å². The van der Waals surface area contributed by atoms with E-state index in [9.17, 15) is 10.1 Å². The van der Waals surface area contributed by atoms with Gasteiger partial charge in [0.2, 0.25) is 0 Å². The number of carbonyl (C=O) groups is 1. The quantitative estimate of drug-likeness (QED) is 0.665. The lowest BCUT2D eigenvalue weighted by molar-refractivity contribution is -0.112. The molecule has 128 valence electrons. The standard InChI is InChI=1S/C19H25N3O2/c1-4-24-18-7-5-17(6-8-18)21-19(23)16(10-20)13-22-11-14(2)9-15(3)12-22/h5-8,13-15H,4,9,11-12H2,1-3H3,(H,21,23)/b16-13-. The summed E-state index contributed by atoms with van der Waals surface area (Å²) >= 11 is 0. The topological polar surface area (TPSA) is 65.4 Å². The second-order valence-corrected chi connectivity index (χ2v) is 6.47. The molecule has 1 heterocycles. The summed E-state index contributed by atoms with van der Waals surface area (Å²) in [4.78, 5) is 14.4. The Morgan fingerprint density at radius 3 is 2.50 bits per heavy atom. The largest absolute Gasteiger partial charge is 0.494 e. The van der Waals surface area contributed by atoms with E-state index < -0.39 is 0 Å². The van der Waals surface area contributed by atoms with Crippen LogP contribution in [0.4, 0.5) is 5.69 Å². The molecule has 0 saturated carbocycles. The fourth-order valence-corrected chi connectivity index (χ4v) is 3.14. The zero-order valence-corrected chi connectivity index (χ0v) is 14.6. The average Bonchev–Trinajstić information content (AvgIpc) is 2.53. The van der Waals surface area contributed by atoms with E-state index in [4.69, 9.17) is 4.74 Å². The molecular formula is C19H25N3O2. The molecule has 1 fully saturated rings. The molecule has 24 heavy (non-hydrogen) atoms. The fraction of sp³-hybridized carbons (Fsp3) is 0.474. The van der Waals surface area contributed by atoms with E-state index in [1.165, 1.54) is 6.42 Å². The fourth-order valence-electron chi connectivity index (χ4n) is 3.14. The van der Waals surface area contributed by atoms with Crippen LogP contribution in [0.2, 0.25) is 0 Å². The number of piperidine rings is 1. The molecule has 1 aromatic rings. The Balaban J connectivity index is 2.03. The Kier molecular flexibility index (Phi) is 6.25. The van der Waals surface area contributed by atoms with E-state index >= 15 is 0 Å². The second kappa shape index (κ2) is 8.39. The van der Waals surface area contributed by atoms with E-state index in [1.54, 1.807) is 30.5 Å². The van der Waals surface area contributed by atoms with Crippen LogP contribution in [0.5, 0.6) is 5.75 Å². The summed E-state index contributed by atoms with van der Waals surface area (Å²) in [6.07, 6.45) is 2.88. The molecule has 2 unspecified atom stereocenters. The van der Waals surface area contributed by atoms with Gasteiger partial charge in [-0.05, 0) is 49.4 Å². The summed E-state index contributed by atoms with van der Waals surface area (Å²) in [7, 11) is 0. The molecule has 0 aliphatic carbocycles. The van der Waals surface area contributed by atoms with Crippen LogP contribution in [0.3, 0.4) is 0 Å². The summed E-state index contributed by atoms with van der Waals surface area (Å²) in [5, 5.41) is 12.1. The highest BCUT2D eigenvalue weighted by atomic mass is 16.5. The first-order valence-corrected chi connectivity index (χ1v) is 8.42. The van der Waals surface area contributed by atoms with Crippen LogP contribution in [0.25, 0.3) is 0 Å². The van der Waals surface area contributed by atoms with Crippen LogP contribution < -0.4 is 10.1 Å². The van der Waals surface area contributed by atoms with Crippen molar-refractivity contribution in [2.24, 2.45) is 11.8 Å². The van der Waals surface area contributed by atoms with Gasteiger partial charge in [-0.1, -0.05) is 13.8 Å². The molecule has 0 bridgehead atoms. The molecule has 1 aliphatic rings. The van der Waals surface area contributed by atoms with Crippen molar-refractivity contribution in [3.63, 3.8) is 0 Å². The van der Waals surface area contributed by atoms with Crippen LogP contribution in [0.15, 0.2) is 36.0 Å². The first kappa shape index (κ1) is 17.9. The Labute approximate surface area is 143 Å². The number of likely N-dealkylation sites (tertiary alicyclic amines) is 1. The van der Waals surface area contributed by atoms with Gasteiger partial charge in [-0.15, -0.1) is 0 Å². The van der Waals surface area contributed by atoms with Gasteiger partial charge in [0.25, 0.3) is 5.91 Å². The molecular weight excluding hydrogens is 302 g/mol. The number of anilines is 1. The van der Waals surface area contributed by atoms with E-state index in [0.717, 1.165) is 18.8 Å². The molecule has 2 atom stereocenters. The molecule has 5 nitrogen and oxygen atoms in total. The Hall–Kier alpha value is -2.48. The number of amides is 1. The van der Waals surface area contributed by atoms with Gasteiger partial charge in [0.05, 0.1) is 6.61 Å². The highest BCUT2D eigenvalue weighted by Crippen LogP contribution is 2.22. The van der Waals surface area contributed by atoms with Crippen molar-refractivity contribution in [2.45, 2.75) is 27.2 Å². The monoisotopic (exact) mass is 327 g/mol. The van der Waals surface area contributed by atoms with Gasteiger partial charge in [0.15, 0.2) is 0 Å². The van der Waals surface area contributed by atoms with Crippen molar-refractivity contribution in [1.82, 2.24) is 4.90 Å². The summed E-state index contributed by atoms with van der Waals surface area (Å²) in [5.41, 5.74) is 0.773. The maximum Gasteiger partial charge on any atom is 0.267 e. The summed E-state index contributed by atoms with van der Waals surface area (Å²) in [5.74, 6) is 1.51. The number of nitrogens with one attached hydrogen (secondary N) is 1. The maximum absolute atomic E-state index is 12.3. The van der Waals surface area contributed by atoms with E-state index in [0.29, 0.717) is 24.1 Å². The van der Waals surface area contributed by atoms with Crippen molar-refractivity contribution in [3.8, 4) is 11.8 Å². The first-order chi connectivity index (χ1) is 11.5. The average molecular weight is 327 g/mol. The number of benzene rings is 1. The Morgan fingerprint density at radius 2 is 1.96 bits per heavy atom. The number of hydrogen-bond acceptors (Lipinski definition) is 4. The molecule has 1 amide bonds. The summed E-state index contributed by atoms with van der Waals surface area (Å²) in [6.45, 7) is 8.67. The first-order valence-electron chi connectivity index (χ1n) is 8.42. The highest BCUT2D eigenvalue weighted by molar-refractivity contribution is 6.06. The number of nitrogens with zero attached hydrogens (tertiary/aromatic N) is 2.